The first-order valence-corrected chi connectivity index (χ1v) is 14.8. The third-order valence-corrected chi connectivity index (χ3v) is 9.47. The number of anilines is 2. The van der Waals surface area contributed by atoms with E-state index in [2.05, 4.69) is 10.3 Å². The smallest absolute Gasteiger partial charge is 0.382 e. The predicted molar refractivity (Wildman–Crippen MR) is 149 cm³/mol. The van der Waals surface area contributed by atoms with Crippen molar-refractivity contribution in [1.82, 2.24) is 9.88 Å². The van der Waals surface area contributed by atoms with Crippen LogP contribution in [-0.4, -0.2) is 48.0 Å². The summed E-state index contributed by atoms with van der Waals surface area (Å²) in [5.74, 6) is 1.59. The van der Waals surface area contributed by atoms with Crippen molar-refractivity contribution >= 4 is 29.0 Å². The maximum Gasteiger partial charge on any atom is 0.417 e. The van der Waals surface area contributed by atoms with E-state index in [0.717, 1.165) is 56.9 Å². The molecule has 2 unspecified atom stereocenters. The van der Waals surface area contributed by atoms with Crippen LogP contribution >= 0.6 is 11.6 Å². The van der Waals surface area contributed by atoms with Gasteiger partial charge >= 0.3 is 12.4 Å². The Hall–Kier alpha value is -3.20. The average molecular weight is 628 g/mol. The van der Waals surface area contributed by atoms with E-state index in [1.807, 2.05) is 0 Å². The van der Waals surface area contributed by atoms with Crippen LogP contribution in [0.15, 0.2) is 30.5 Å². The highest BCUT2D eigenvalue weighted by atomic mass is 35.5. The zero-order valence-electron chi connectivity index (χ0n) is 23.3. The van der Waals surface area contributed by atoms with Gasteiger partial charge in [-0.3, -0.25) is 4.79 Å². The Kier molecular flexibility index (Phi) is 9.02. The minimum absolute atomic E-state index is 0.0504. The number of alkyl halides is 6. The standard InChI is InChI=1S/C30H32ClF6N5O/c31-26-14-21(29(32,33)34)17-39-28(26)42-11-9-41(10-12-42)27(43)13-19-4-8-24(19)18-1-5-22(6-2-18)40-23-7-3-20(16-38)25(15-23)30(35,36)37/h3,7,14-15,17-19,22,24,40H,1-2,4-6,8-13H2. The fourth-order valence-electron chi connectivity index (χ4n) is 6.70. The van der Waals surface area contributed by atoms with Crippen LogP contribution in [0.25, 0.3) is 0 Å². The van der Waals surface area contributed by atoms with Gasteiger partial charge in [0.15, 0.2) is 0 Å². The Morgan fingerprint density at radius 2 is 1.67 bits per heavy atom. The summed E-state index contributed by atoms with van der Waals surface area (Å²) in [6.07, 6.45) is -2.29. The van der Waals surface area contributed by atoms with Crippen molar-refractivity contribution in [3.8, 4) is 6.07 Å². The number of rotatable bonds is 6. The third kappa shape index (κ3) is 7.14. The van der Waals surface area contributed by atoms with E-state index < -0.39 is 29.0 Å². The molecular weight excluding hydrogens is 596 g/mol. The molecule has 2 saturated carbocycles. The van der Waals surface area contributed by atoms with E-state index in [1.165, 1.54) is 12.1 Å². The molecule has 2 aliphatic carbocycles. The molecule has 2 heterocycles. The minimum atomic E-state index is -4.60. The summed E-state index contributed by atoms with van der Waals surface area (Å²) in [6.45, 7) is 1.74. The highest BCUT2D eigenvalue weighted by Gasteiger charge is 2.40. The fourth-order valence-corrected chi connectivity index (χ4v) is 6.99. The van der Waals surface area contributed by atoms with Gasteiger partial charge in [-0.15, -0.1) is 0 Å². The summed E-state index contributed by atoms with van der Waals surface area (Å²) in [6, 6.07) is 6.25. The zero-order chi connectivity index (χ0) is 30.9. The molecule has 1 aromatic heterocycles. The molecule has 1 aliphatic heterocycles. The van der Waals surface area contributed by atoms with Gasteiger partial charge in [0.25, 0.3) is 0 Å². The summed E-state index contributed by atoms with van der Waals surface area (Å²) in [5, 5.41) is 12.2. The van der Waals surface area contributed by atoms with Crippen LogP contribution in [0, 0.1) is 29.1 Å². The number of pyridine rings is 1. The zero-order valence-corrected chi connectivity index (χ0v) is 24.1. The lowest BCUT2D eigenvalue weighted by atomic mass is 9.62. The van der Waals surface area contributed by atoms with Crippen molar-refractivity contribution in [3.05, 3.63) is 52.2 Å². The molecule has 2 aromatic rings. The van der Waals surface area contributed by atoms with Crippen LogP contribution in [0.1, 0.15) is 61.6 Å². The van der Waals surface area contributed by atoms with Crippen molar-refractivity contribution < 1.29 is 31.1 Å². The van der Waals surface area contributed by atoms with Gasteiger partial charge in [0.2, 0.25) is 5.91 Å². The number of amides is 1. The summed E-state index contributed by atoms with van der Waals surface area (Å²) >= 11 is 6.10. The molecule has 3 aliphatic rings. The molecule has 43 heavy (non-hydrogen) atoms. The summed E-state index contributed by atoms with van der Waals surface area (Å²) < 4.78 is 78.8. The summed E-state index contributed by atoms with van der Waals surface area (Å²) in [5.41, 5.74) is -1.87. The Bertz CT molecular complexity index is 1360. The van der Waals surface area contributed by atoms with Gasteiger partial charge < -0.3 is 15.1 Å². The van der Waals surface area contributed by atoms with E-state index in [9.17, 15) is 31.1 Å². The number of nitriles is 1. The van der Waals surface area contributed by atoms with Crippen LogP contribution < -0.4 is 10.2 Å². The van der Waals surface area contributed by atoms with Gasteiger partial charge in [-0.25, -0.2) is 4.98 Å². The highest BCUT2D eigenvalue weighted by molar-refractivity contribution is 6.33. The molecule has 232 valence electrons. The second-order valence-electron chi connectivity index (χ2n) is 11.7. The van der Waals surface area contributed by atoms with Gasteiger partial charge in [-0.1, -0.05) is 11.6 Å². The largest absolute Gasteiger partial charge is 0.417 e. The van der Waals surface area contributed by atoms with Crippen molar-refractivity contribution in [2.24, 2.45) is 17.8 Å². The monoisotopic (exact) mass is 627 g/mol. The van der Waals surface area contributed by atoms with Gasteiger partial charge in [-0.05, 0) is 80.5 Å². The lowest BCUT2D eigenvalue weighted by Crippen LogP contribution is -2.50. The Labute approximate surface area is 251 Å². The number of carbonyl (C=O) groups excluding carboxylic acids is 1. The predicted octanol–water partition coefficient (Wildman–Crippen LogP) is 7.38. The molecule has 0 bridgehead atoms. The molecule has 13 heteroatoms. The number of hydrogen-bond donors (Lipinski definition) is 1. The summed E-state index contributed by atoms with van der Waals surface area (Å²) in [7, 11) is 0. The van der Waals surface area contributed by atoms with E-state index in [0.29, 0.717) is 56.0 Å². The maximum absolute atomic E-state index is 13.3. The molecular formula is C30H32ClF6N5O. The van der Waals surface area contributed by atoms with E-state index in [4.69, 9.17) is 16.9 Å². The van der Waals surface area contributed by atoms with Gasteiger partial charge in [0.05, 0.1) is 27.8 Å². The molecule has 0 spiro atoms. The van der Waals surface area contributed by atoms with Crippen LogP contribution in [0.2, 0.25) is 5.02 Å². The van der Waals surface area contributed by atoms with Crippen LogP contribution in [0.4, 0.5) is 37.8 Å². The quantitative estimate of drug-likeness (QED) is 0.339. The Balaban J connectivity index is 1.08. The van der Waals surface area contributed by atoms with Crippen LogP contribution in [0.3, 0.4) is 0 Å². The third-order valence-electron chi connectivity index (χ3n) is 9.19. The van der Waals surface area contributed by atoms with Crippen LogP contribution in [-0.2, 0) is 17.1 Å². The van der Waals surface area contributed by atoms with Crippen molar-refractivity contribution in [3.63, 3.8) is 0 Å². The first-order valence-electron chi connectivity index (χ1n) is 14.5. The Morgan fingerprint density at radius 1 is 0.977 bits per heavy atom. The number of nitrogens with zero attached hydrogens (tertiary/aromatic N) is 4. The normalized spacial score (nSPS) is 24.7. The van der Waals surface area contributed by atoms with Gasteiger partial charge in [-0.2, -0.15) is 31.6 Å². The molecule has 1 N–H and O–H groups in total. The second kappa shape index (κ2) is 12.4. The molecule has 6 nitrogen and oxygen atoms in total. The molecule has 1 amide bonds. The van der Waals surface area contributed by atoms with E-state index in [1.54, 1.807) is 15.9 Å². The maximum atomic E-state index is 13.3. The highest BCUT2D eigenvalue weighted by Crippen LogP contribution is 2.47. The average Bonchev–Trinajstić information content (AvgIpc) is 2.95. The number of halogens is 7. The summed E-state index contributed by atoms with van der Waals surface area (Å²) in [4.78, 5) is 20.7. The number of aromatic nitrogens is 1. The molecule has 3 fully saturated rings. The molecule has 5 rings (SSSR count). The van der Waals surface area contributed by atoms with E-state index >= 15 is 0 Å². The first kappa shape index (κ1) is 31.2. The molecule has 2 atom stereocenters. The minimum Gasteiger partial charge on any atom is -0.382 e. The first-order chi connectivity index (χ1) is 20.3. The lowest BCUT2D eigenvalue weighted by molar-refractivity contribution is -0.138. The topological polar surface area (TPSA) is 72.3 Å². The van der Waals surface area contributed by atoms with E-state index in [-0.39, 0.29) is 22.8 Å². The number of hydrogen-bond acceptors (Lipinski definition) is 5. The van der Waals surface area contributed by atoms with Gasteiger partial charge in [0.1, 0.15) is 5.82 Å². The number of benzene rings is 1. The number of carbonyl (C=O) groups is 1. The van der Waals surface area contributed by atoms with Crippen LogP contribution in [0.5, 0.6) is 0 Å². The Morgan fingerprint density at radius 3 is 2.23 bits per heavy atom. The molecule has 0 radical (unpaired) electrons. The SMILES string of the molecule is N#Cc1ccc(NC2CCC(C3CCC3CC(=O)N3CCN(c4ncc(C(F)(F)F)cc4Cl)CC3)CC2)cc1C(F)(F)F. The van der Waals surface area contributed by atoms with Crippen molar-refractivity contribution in [2.45, 2.75) is 63.3 Å². The molecule has 1 aromatic carbocycles. The number of piperazine rings is 1. The van der Waals surface area contributed by atoms with Gasteiger partial charge in [0, 0.05) is 50.5 Å². The fraction of sp³-hybridized carbons (Fsp3) is 0.567. The lowest BCUT2D eigenvalue weighted by Gasteiger charge is -2.45. The van der Waals surface area contributed by atoms with Crippen molar-refractivity contribution in [1.29, 1.82) is 5.26 Å². The van der Waals surface area contributed by atoms with Crippen molar-refractivity contribution in [2.75, 3.05) is 36.4 Å². The second-order valence-corrected chi connectivity index (χ2v) is 12.1. The molecule has 1 saturated heterocycles. The number of nitrogens with one attached hydrogen (secondary N) is 1.